The van der Waals surface area contributed by atoms with Crippen LogP contribution in [-0.2, 0) is 20.7 Å². The molecule has 1 atom stereocenters. The van der Waals surface area contributed by atoms with Gasteiger partial charge < -0.3 is 14.8 Å². The summed E-state index contributed by atoms with van der Waals surface area (Å²) < 4.78 is 11.0. The van der Waals surface area contributed by atoms with E-state index in [1.165, 1.54) is 11.3 Å². The lowest BCUT2D eigenvalue weighted by atomic mass is 10.2. The number of hydrogen-bond donors (Lipinski definition) is 1. The molecule has 1 amide bonds. The summed E-state index contributed by atoms with van der Waals surface area (Å²) in [6.45, 7) is 3.85. The van der Waals surface area contributed by atoms with Gasteiger partial charge in [0.1, 0.15) is 16.5 Å². The zero-order valence-electron chi connectivity index (χ0n) is 16.3. The molecule has 1 heterocycles. The van der Waals surface area contributed by atoms with Crippen LogP contribution in [-0.4, -0.2) is 29.5 Å². The molecule has 3 aromatic rings. The van der Waals surface area contributed by atoms with E-state index in [4.69, 9.17) is 9.47 Å². The third-order valence-corrected chi connectivity index (χ3v) is 4.91. The lowest BCUT2D eigenvalue weighted by Gasteiger charge is -2.11. The topological polar surface area (TPSA) is 77.5 Å². The summed E-state index contributed by atoms with van der Waals surface area (Å²) in [5, 5.41) is 5.22. The summed E-state index contributed by atoms with van der Waals surface area (Å²) in [5.74, 6) is 0.672. The molecule has 0 spiro atoms. The number of hydrogen-bond acceptors (Lipinski definition) is 6. The molecule has 150 valence electrons. The van der Waals surface area contributed by atoms with Crippen LogP contribution in [0.5, 0.6) is 11.5 Å². The Kier molecular flexibility index (Phi) is 6.97. The van der Waals surface area contributed by atoms with E-state index >= 15 is 0 Å². The number of carbonyl (C=O) groups excluding carboxylic acids is 2. The van der Waals surface area contributed by atoms with Gasteiger partial charge in [0.15, 0.2) is 6.10 Å². The molecule has 1 aromatic heterocycles. The van der Waals surface area contributed by atoms with Gasteiger partial charge in [-0.3, -0.25) is 9.59 Å². The van der Waals surface area contributed by atoms with Gasteiger partial charge in [-0.1, -0.05) is 30.3 Å². The number of benzene rings is 2. The monoisotopic (exact) mass is 410 g/mol. The second kappa shape index (κ2) is 9.84. The van der Waals surface area contributed by atoms with Crippen molar-refractivity contribution in [2.24, 2.45) is 0 Å². The lowest BCUT2D eigenvalue weighted by molar-refractivity contribution is -0.154. The van der Waals surface area contributed by atoms with E-state index in [1.807, 2.05) is 66.9 Å². The van der Waals surface area contributed by atoms with Crippen molar-refractivity contribution in [2.75, 3.05) is 6.54 Å². The summed E-state index contributed by atoms with van der Waals surface area (Å²) in [5.41, 5.74) is 1.51. The van der Waals surface area contributed by atoms with Crippen LogP contribution in [0.4, 0.5) is 0 Å². The highest BCUT2D eigenvalue weighted by Gasteiger charge is 2.18. The number of carbonyl (C=O) groups is 2. The maximum absolute atomic E-state index is 12.1. The smallest absolute Gasteiger partial charge is 0.312 e. The highest BCUT2D eigenvalue weighted by atomic mass is 32.1. The Morgan fingerprint density at radius 3 is 2.62 bits per heavy atom. The molecule has 2 aromatic carbocycles. The van der Waals surface area contributed by atoms with Crippen LogP contribution in [0.1, 0.15) is 19.5 Å². The second-order valence-electron chi connectivity index (χ2n) is 6.29. The first-order valence-corrected chi connectivity index (χ1v) is 10.2. The molecule has 3 rings (SSSR count). The number of nitrogens with zero attached hydrogens (tertiary/aromatic N) is 1. The molecule has 1 N–H and O–H groups in total. The van der Waals surface area contributed by atoms with Gasteiger partial charge in [-0.15, -0.1) is 11.3 Å². The minimum atomic E-state index is -0.827. The summed E-state index contributed by atoms with van der Waals surface area (Å²) >= 11 is 1.44. The molecule has 0 saturated heterocycles. The number of amides is 1. The summed E-state index contributed by atoms with van der Waals surface area (Å²) in [6, 6.07) is 17.2. The molecule has 0 fully saturated rings. The SMILES string of the molecule is CCNC(=O)[C@@H](C)OC(=O)Cc1csc(-c2cccc(Oc3ccccc3)c2)n1. The molecular weight excluding hydrogens is 388 g/mol. The van der Waals surface area contributed by atoms with Crippen molar-refractivity contribution in [1.82, 2.24) is 10.3 Å². The van der Waals surface area contributed by atoms with Gasteiger partial charge in [-0.2, -0.15) is 0 Å². The third kappa shape index (κ3) is 5.89. The van der Waals surface area contributed by atoms with Crippen molar-refractivity contribution in [3.8, 4) is 22.1 Å². The fraction of sp³-hybridized carbons (Fsp3) is 0.227. The molecule has 0 radical (unpaired) electrons. The Morgan fingerprint density at radius 2 is 1.86 bits per heavy atom. The van der Waals surface area contributed by atoms with Crippen molar-refractivity contribution in [2.45, 2.75) is 26.4 Å². The Labute approximate surface area is 173 Å². The van der Waals surface area contributed by atoms with Gasteiger partial charge in [0, 0.05) is 17.5 Å². The number of para-hydroxylation sites is 1. The zero-order chi connectivity index (χ0) is 20.6. The lowest BCUT2D eigenvalue weighted by Crippen LogP contribution is -2.35. The van der Waals surface area contributed by atoms with Crippen LogP contribution < -0.4 is 10.1 Å². The van der Waals surface area contributed by atoms with Gasteiger partial charge >= 0.3 is 5.97 Å². The molecule has 0 unspecified atom stereocenters. The Balaban J connectivity index is 1.63. The number of esters is 1. The van der Waals surface area contributed by atoms with Gasteiger partial charge in [0.2, 0.25) is 0 Å². The second-order valence-corrected chi connectivity index (χ2v) is 7.15. The third-order valence-electron chi connectivity index (χ3n) is 3.97. The van der Waals surface area contributed by atoms with E-state index in [2.05, 4.69) is 10.3 Å². The average molecular weight is 410 g/mol. The molecule has 0 aliphatic rings. The predicted octanol–water partition coefficient (Wildman–Crippen LogP) is 4.21. The zero-order valence-corrected chi connectivity index (χ0v) is 17.1. The van der Waals surface area contributed by atoms with Gasteiger partial charge in [0.25, 0.3) is 5.91 Å². The molecule has 0 bridgehead atoms. The van der Waals surface area contributed by atoms with Crippen LogP contribution in [0, 0.1) is 0 Å². The van der Waals surface area contributed by atoms with E-state index in [-0.39, 0.29) is 12.3 Å². The number of likely N-dealkylation sites (N-methyl/N-ethyl adjacent to an activating group) is 1. The van der Waals surface area contributed by atoms with Crippen LogP contribution in [0.2, 0.25) is 0 Å². The number of thiazole rings is 1. The van der Waals surface area contributed by atoms with E-state index in [0.29, 0.717) is 18.0 Å². The average Bonchev–Trinajstić information content (AvgIpc) is 3.17. The molecule has 7 heteroatoms. The van der Waals surface area contributed by atoms with Crippen LogP contribution in [0.3, 0.4) is 0 Å². The maximum Gasteiger partial charge on any atom is 0.312 e. The van der Waals surface area contributed by atoms with Crippen molar-refractivity contribution in [3.63, 3.8) is 0 Å². The largest absolute Gasteiger partial charge is 0.457 e. The normalized spacial score (nSPS) is 11.5. The van der Waals surface area contributed by atoms with Gasteiger partial charge in [-0.05, 0) is 38.1 Å². The minimum Gasteiger partial charge on any atom is -0.457 e. The standard InChI is InChI=1S/C22H22N2O4S/c1-3-23-21(26)15(2)27-20(25)13-17-14-29-22(24-17)16-8-7-11-19(12-16)28-18-9-5-4-6-10-18/h4-12,14-15H,3,13H2,1-2H3,(H,23,26)/t15-/m1/s1. The summed E-state index contributed by atoms with van der Waals surface area (Å²) in [7, 11) is 0. The van der Waals surface area contributed by atoms with Gasteiger partial charge in [-0.25, -0.2) is 4.98 Å². The fourth-order valence-corrected chi connectivity index (χ4v) is 3.41. The number of ether oxygens (including phenoxy) is 2. The van der Waals surface area contributed by atoms with Crippen LogP contribution in [0.15, 0.2) is 60.0 Å². The quantitative estimate of drug-likeness (QED) is 0.563. The maximum atomic E-state index is 12.1. The van der Waals surface area contributed by atoms with Crippen molar-refractivity contribution in [3.05, 3.63) is 65.7 Å². The first kappa shape index (κ1) is 20.5. The Bertz CT molecular complexity index is 972. The molecule has 6 nitrogen and oxygen atoms in total. The van der Waals surface area contributed by atoms with Crippen molar-refractivity contribution < 1.29 is 19.1 Å². The van der Waals surface area contributed by atoms with Crippen LogP contribution >= 0.6 is 11.3 Å². The van der Waals surface area contributed by atoms with E-state index in [1.54, 1.807) is 6.92 Å². The molecule has 0 aliphatic carbocycles. The van der Waals surface area contributed by atoms with E-state index in [9.17, 15) is 9.59 Å². The Hall–Kier alpha value is -3.19. The number of rotatable bonds is 8. The first-order chi connectivity index (χ1) is 14.0. The fourth-order valence-electron chi connectivity index (χ4n) is 2.60. The number of nitrogens with one attached hydrogen (secondary N) is 1. The highest BCUT2D eigenvalue weighted by Crippen LogP contribution is 2.29. The number of aromatic nitrogens is 1. The molecular formula is C22H22N2O4S. The van der Waals surface area contributed by atoms with Crippen molar-refractivity contribution in [1.29, 1.82) is 0 Å². The summed E-state index contributed by atoms with van der Waals surface area (Å²) in [4.78, 5) is 28.3. The predicted molar refractivity (Wildman–Crippen MR) is 112 cm³/mol. The van der Waals surface area contributed by atoms with E-state index in [0.717, 1.165) is 16.3 Å². The van der Waals surface area contributed by atoms with Crippen molar-refractivity contribution >= 4 is 23.2 Å². The Morgan fingerprint density at radius 1 is 1.10 bits per heavy atom. The highest BCUT2D eigenvalue weighted by molar-refractivity contribution is 7.13. The van der Waals surface area contributed by atoms with Gasteiger partial charge in [0.05, 0.1) is 12.1 Å². The summed E-state index contributed by atoms with van der Waals surface area (Å²) in [6.07, 6.45) is -0.812. The first-order valence-electron chi connectivity index (χ1n) is 9.30. The minimum absolute atomic E-state index is 0.0143. The molecule has 0 saturated carbocycles. The van der Waals surface area contributed by atoms with E-state index < -0.39 is 12.1 Å². The van der Waals surface area contributed by atoms with Crippen LogP contribution in [0.25, 0.3) is 10.6 Å². The molecule has 0 aliphatic heterocycles. The molecule has 29 heavy (non-hydrogen) atoms.